The summed E-state index contributed by atoms with van der Waals surface area (Å²) < 4.78 is 7.04. The fraction of sp³-hybridized carbons (Fsp3) is 0.0769. The molecule has 0 bridgehead atoms. The van der Waals surface area contributed by atoms with Crippen molar-refractivity contribution in [3.63, 3.8) is 0 Å². The molecule has 0 aliphatic heterocycles. The van der Waals surface area contributed by atoms with Gasteiger partial charge in [-0.05, 0) is 24.4 Å². The van der Waals surface area contributed by atoms with E-state index in [1.165, 1.54) is 13.1 Å². The SMILES string of the molecule is CC(OC(=O)c1cnn2c(-c3ccccc3)ccnc12)C(=O)Nc1cccc2ccccc12. The Morgan fingerprint density at radius 3 is 2.55 bits per heavy atom. The van der Waals surface area contributed by atoms with Crippen molar-refractivity contribution in [1.29, 1.82) is 0 Å². The van der Waals surface area contributed by atoms with E-state index in [4.69, 9.17) is 4.74 Å². The van der Waals surface area contributed by atoms with Crippen LogP contribution in [0.25, 0.3) is 27.7 Å². The fourth-order valence-corrected chi connectivity index (χ4v) is 3.71. The predicted molar refractivity (Wildman–Crippen MR) is 126 cm³/mol. The number of hydrogen-bond acceptors (Lipinski definition) is 5. The Bertz CT molecular complexity index is 1470. The van der Waals surface area contributed by atoms with Gasteiger partial charge in [0.25, 0.3) is 5.91 Å². The number of nitrogens with zero attached hydrogens (tertiary/aromatic N) is 3. The molecule has 0 radical (unpaired) electrons. The predicted octanol–water partition coefficient (Wildman–Crippen LogP) is 4.73. The molecule has 2 aromatic heterocycles. The van der Waals surface area contributed by atoms with Crippen LogP contribution >= 0.6 is 0 Å². The third-order valence-electron chi connectivity index (χ3n) is 5.39. The Labute approximate surface area is 189 Å². The lowest BCUT2D eigenvalue weighted by Gasteiger charge is -2.14. The van der Waals surface area contributed by atoms with Crippen molar-refractivity contribution in [3.05, 3.63) is 96.8 Å². The van der Waals surface area contributed by atoms with E-state index in [1.807, 2.05) is 78.9 Å². The number of ether oxygens (including phenoxy) is 1. The number of anilines is 1. The van der Waals surface area contributed by atoms with E-state index in [-0.39, 0.29) is 5.56 Å². The molecule has 33 heavy (non-hydrogen) atoms. The second-order valence-corrected chi connectivity index (χ2v) is 7.55. The van der Waals surface area contributed by atoms with Crippen molar-refractivity contribution in [1.82, 2.24) is 14.6 Å². The molecule has 0 spiro atoms. The molecule has 1 amide bonds. The van der Waals surface area contributed by atoms with Gasteiger partial charge in [-0.1, -0.05) is 66.7 Å². The van der Waals surface area contributed by atoms with Gasteiger partial charge < -0.3 is 10.1 Å². The highest BCUT2D eigenvalue weighted by molar-refractivity contribution is 6.04. The Morgan fingerprint density at radius 2 is 1.70 bits per heavy atom. The summed E-state index contributed by atoms with van der Waals surface area (Å²) in [5.41, 5.74) is 2.95. The first kappa shape index (κ1) is 20.4. The molecule has 5 rings (SSSR count). The summed E-state index contributed by atoms with van der Waals surface area (Å²) in [6, 6.07) is 24.9. The first-order valence-electron chi connectivity index (χ1n) is 10.5. The van der Waals surface area contributed by atoms with Crippen molar-refractivity contribution >= 4 is 34.0 Å². The van der Waals surface area contributed by atoms with Crippen LogP contribution in [0.15, 0.2) is 91.3 Å². The van der Waals surface area contributed by atoms with Crippen LogP contribution in [0.5, 0.6) is 0 Å². The van der Waals surface area contributed by atoms with E-state index in [9.17, 15) is 9.59 Å². The molecule has 7 heteroatoms. The molecule has 162 valence electrons. The molecule has 0 saturated carbocycles. The van der Waals surface area contributed by atoms with E-state index in [0.29, 0.717) is 11.3 Å². The van der Waals surface area contributed by atoms with E-state index in [1.54, 1.807) is 10.7 Å². The lowest BCUT2D eigenvalue weighted by molar-refractivity contribution is -0.123. The Hall–Kier alpha value is -4.52. The number of esters is 1. The summed E-state index contributed by atoms with van der Waals surface area (Å²) in [6.45, 7) is 1.53. The van der Waals surface area contributed by atoms with Gasteiger partial charge in [-0.15, -0.1) is 0 Å². The minimum Gasteiger partial charge on any atom is -0.449 e. The largest absolute Gasteiger partial charge is 0.449 e. The molecule has 0 aliphatic carbocycles. The van der Waals surface area contributed by atoms with Crippen LogP contribution in [-0.4, -0.2) is 32.6 Å². The van der Waals surface area contributed by atoms with Crippen LogP contribution in [0.1, 0.15) is 17.3 Å². The number of benzene rings is 3. The van der Waals surface area contributed by atoms with Crippen molar-refractivity contribution < 1.29 is 14.3 Å². The molecule has 5 aromatic rings. The van der Waals surface area contributed by atoms with Crippen LogP contribution < -0.4 is 5.32 Å². The lowest BCUT2D eigenvalue weighted by Crippen LogP contribution is -2.30. The average Bonchev–Trinajstić information content (AvgIpc) is 3.29. The van der Waals surface area contributed by atoms with Crippen molar-refractivity contribution in [2.75, 3.05) is 5.32 Å². The number of fused-ring (bicyclic) bond motifs is 2. The number of nitrogens with one attached hydrogen (secondary N) is 1. The normalized spacial score (nSPS) is 11.9. The summed E-state index contributed by atoms with van der Waals surface area (Å²) in [4.78, 5) is 29.9. The zero-order valence-electron chi connectivity index (χ0n) is 17.8. The summed E-state index contributed by atoms with van der Waals surface area (Å²) in [6.07, 6.45) is 2.02. The van der Waals surface area contributed by atoms with Gasteiger partial charge in [0.2, 0.25) is 0 Å². The molecule has 0 fully saturated rings. The maximum atomic E-state index is 12.9. The average molecular weight is 436 g/mol. The maximum absolute atomic E-state index is 12.9. The second-order valence-electron chi connectivity index (χ2n) is 7.55. The smallest absolute Gasteiger partial charge is 0.344 e. The number of carbonyl (C=O) groups is 2. The topological polar surface area (TPSA) is 85.6 Å². The van der Waals surface area contributed by atoms with Gasteiger partial charge in [-0.3, -0.25) is 4.79 Å². The van der Waals surface area contributed by atoms with E-state index >= 15 is 0 Å². The van der Waals surface area contributed by atoms with Gasteiger partial charge in [-0.2, -0.15) is 5.10 Å². The fourth-order valence-electron chi connectivity index (χ4n) is 3.71. The van der Waals surface area contributed by atoms with Crippen LogP contribution in [0.3, 0.4) is 0 Å². The molecule has 0 saturated heterocycles. The summed E-state index contributed by atoms with van der Waals surface area (Å²) >= 11 is 0. The number of aromatic nitrogens is 3. The highest BCUT2D eigenvalue weighted by Gasteiger charge is 2.23. The third-order valence-corrected chi connectivity index (χ3v) is 5.39. The number of carbonyl (C=O) groups excluding carboxylic acids is 2. The van der Waals surface area contributed by atoms with Crippen molar-refractivity contribution in [3.8, 4) is 11.3 Å². The van der Waals surface area contributed by atoms with Crippen LogP contribution in [0, 0.1) is 0 Å². The molecular formula is C26H20N4O3. The zero-order valence-corrected chi connectivity index (χ0v) is 17.8. The van der Waals surface area contributed by atoms with E-state index < -0.39 is 18.0 Å². The van der Waals surface area contributed by atoms with Gasteiger partial charge in [0.15, 0.2) is 11.8 Å². The lowest BCUT2D eigenvalue weighted by atomic mass is 10.1. The highest BCUT2D eigenvalue weighted by atomic mass is 16.5. The first-order chi connectivity index (χ1) is 16.1. The number of rotatable bonds is 5. The second kappa shape index (κ2) is 8.55. The summed E-state index contributed by atoms with van der Waals surface area (Å²) in [5.74, 6) is -1.09. The van der Waals surface area contributed by atoms with Crippen LogP contribution in [0.2, 0.25) is 0 Å². The molecule has 3 aromatic carbocycles. The Kier molecular flexibility index (Phi) is 5.28. The Balaban J connectivity index is 1.35. The summed E-state index contributed by atoms with van der Waals surface area (Å²) in [5, 5.41) is 9.09. The first-order valence-corrected chi connectivity index (χ1v) is 10.5. The summed E-state index contributed by atoms with van der Waals surface area (Å²) in [7, 11) is 0. The van der Waals surface area contributed by atoms with Crippen LogP contribution in [0.4, 0.5) is 5.69 Å². The maximum Gasteiger partial charge on any atom is 0.344 e. The van der Waals surface area contributed by atoms with Gasteiger partial charge >= 0.3 is 5.97 Å². The Morgan fingerprint density at radius 1 is 0.939 bits per heavy atom. The van der Waals surface area contributed by atoms with E-state index in [0.717, 1.165) is 22.0 Å². The van der Waals surface area contributed by atoms with E-state index in [2.05, 4.69) is 15.4 Å². The zero-order chi connectivity index (χ0) is 22.8. The molecule has 0 aliphatic rings. The number of hydrogen-bond donors (Lipinski definition) is 1. The van der Waals surface area contributed by atoms with Gasteiger partial charge in [0, 0.05) is 22.8 Å². The van der Waals surface area contributed by atoms with Crippen molar-refractivity contribution in [2.24, 2.45) is 0 Å². The quantitative estimate of drug-likeness (QED) is 0.403. The monoisotopic (exact) mass is 436 g/mol. The third kappa shape index (κ3) is 3.92. The minimum absolute atomic E-state index is 0.192. The molecule has 7 nitrogen and oxygen atoms in total. The molecule has 2 heterocycles. The van der Waals surface area contributed by atoms with Gasteiger partial charge in [0.05, 0.1) is 11.9 Å². The van der Waals surface area contributed by atoms with Gasteiger partial charge in [-0.25, -0.2) is 14.3 Å². The molecule has 1 N–H and O–H groups in total. The highest BCUT2D eigenvalue weighted by Crippen LogP contribution is 2.24. The standard InChI is InChI=1S/C26H20N4O3/c1-17(25(31)29-22-13-7-11-18-8-5-6-12-20(18)22)33-26(32)21-16-28-30-23(14-15-27-24(21)30)19-9-3-2-4-10-19/h2-17H,1H3,(H,29,31). The van der Waals surface area contributed by atoms with Crippen LogP contribution in [-0.2, 0) is 9.53 Å². The van der Waals surface area contributed by atoms with Crippen molar-refractivity contribution in [2.45, 2.75) is 13.0 Å². The van der Waals surface area contributed by atoms with Gasteiger partial charge in [0.1, 0.15) is 5.56 Å². The molecular weight excluding hydrogens is 416 g/mol. The molecule has 1 atom stereocenters. The minimum atomic E-state index is -1.01. The molecule has 1 unspecified atom stereocenters. The number of amides is 1.